The maximum absolute atomic E-state index is 12.0. The van der Waals surface area contributed by atoms with Gasteiger partial charge in [0.2, 0.25) is 5.91 Å². The fraction of sp³-hybridized carbons (Fsp3) is 0.364. The number of carbonyl (C=O) groups excluding carboxylic acids is 1. The van der Waals surface area contributed by atoms with Crippen LogP contribution in [-0.4, -0.2) is 33.8 Å². The Morgan fingerprint density at radius 3 is 3.18 bits per heavy atom. The summed E-state index contributed by atoms with van der Waals surface area (Å²) in [4.78, 5) is 17.6. The van der Waals surface area contributed by atoms with Crippen molar-refractivity contribution >= 4 is 22.6 Å². The molecule has 0 bridgehead atoms. The number of fused-ring (bicyclic) bond motifs is 3. The Morgan fingerprint density at radius 1 is 1.53 bits per heavy atom. The molecule has 88 valence electrons. The number of pyridine rings is 1. The Balaban J connectivity index is 2.25. The quantitative estimate of drug-likeness (QED) is 0.699. The van der Waals surface area contributed by atoms with E-state index in [1.807, 2.05) is 10.7 Å². The lowest BCUT2D eigenvalue weighted by Crippen LogP contribution is -2.40. The number of aryl methyl sites for hydroxylation is 1. The van der Waals surface area contributed by atoms with Crippen molar-refractivity contribution in [3.63, 3.8) is 0 Å². The molecule has 2 aromatic rings. The van der Waals surface area contributed by atoms with Crippen LogP contribution in [0.15, 0.2) is 18.5 Å². The molecule has 0 aliphatic carbocycles. The second-order valence-corrected chi connectivity index (χ2v) is 4.23. The first-order valence-electron chi connectivity index (χ1n) is 5.52. The van der Waals surface area contributed by atoms with Gasteiger partial charge in [0.15, 0.2) is 0 Å². The van der Waals surface area contributed by atoms with Gasteiger partial charge < -0.3 is 5.73 Å². The van der Waals surface area contributed by atoms with Gasteiger partial charge in [-0.1, -0.05) is 0 Å². The fourth-order valence-electron chi connectivity index (χ4n) is 2.22. The Bertz CT molecular complexity index is 591. The average molecular weight is 231 g/mol. The molecule has 1 amide bonds. The molecule has 1 unspecified atom stereocenters. The van der Waals surface area contributed by atoms with Crippen molar-refractivity contribution in [2.75, 3.05) is 11.9 Å². The topological polar surface area (TPSA) is 77.0 Å². The Hall–Kier alpha value is -1.95. The van der Waals surface area contributed by atoms with Gasteiger partial charge in [-0.2, -0.15) is 5.10 Å². The number of rotatable bonds is 0. The maximum atomic E-state index is 12.0. The molecular formula is C11H13N5O. The standard InChI is InChI=1S/C11H13N5O/c1-15-10-7-2-4-13-6-9(7)14-16(10)5-3-8(12)11(15)17/h2,4,6,8H,3,5,12H2,1H3. The molecule has 0 aromatic carbocycles. The molecule has 1 aliphatic heterocycles. The highest BCUT2D eigenvalue weighted by molar-refractivity contribution is 6.03. The summed E-state index contributed by atoms with van der Waals surface area (Å²) in [6.07, 6.45) is 4.01. The van der Waals surface area contributed by atoms with Crippen molar-refractivity contribution in [3.8, 4) is 0 Å². The number of anilines is 1. The zero-order valence-corrected chi connectivity index (χ0v) is 9.50. The zero-order chi connectivity index (χ0) is 12.0. The summed E-state index contributed by atoms with van der Waals surface area (Å²) in [7, 11) is 1.74. The Morgan fingerprint density at radius 2 is 2.35 bits per heavy atom. The SMILES string of the molecule is CN1C(=O)C(N)CCn2nc3cnccc3c21. The highest BCUT2D eigenvalue weighted by Gasteiger charge is 2.27. The minimum atomic E-state index is -0.446. The van der Waals surface area contributed by atoms with Gasteiger partial charge in [0.25, 0.3) is 0 Å². The molecule has 0 saturated carbocycles. The molecule has 6 heteroatoms. The molecule has 0 radical (unpaired) electrons. The van der Waals surface area contributed by atoms with E-state index in [0.29, 0.717) is 13.0 Å². The number of aromatic nitrogens is 3. The lowest BCUT2D eigenvalue weighted by atomic mass is 10.2. The summed E-state index contributed by atoms with van der Waals surface area (Å²) in [6, 6.07) is 1.42. The summed E-state index contributed by atoms with van der Waals surface area (Å²) < 4.78 is 1.83. The van der Waals surface area contributed by atoms with Crippen LogP contribution in [0.25, 0.3) is 10.9 Å². The minimum absolute atomic E-state index is 0.0673. The molecule has 0 fully saturated rings. The number of carbonyl (C=O) groups is 1. The Kier molecular flexibility index (Phi) is 2.12. The molecule has 3 heterocycles. The van der Waals surface area contributed by atoms with Crippen LogP contribution in [0.1, 0.15) is 6.42 Å². The molecule has 0 saturated heterocycles. The number of amides is 1. The normalized spacial score (nSPS) is 20.5. The highest BCUT2D eigenvalue weighted by Crippen LogP contribution is 2.28. The highest BCUT2D eigenvalue weighted by atomic mass is 16.2. The van der Waals surface area contributed by atoms with E-state index in [1.54, 1.807) is 24.3 Å². The van der Waals surface area contributed by atoms with Gasteiger partial charge in [0, 0.05) is 25.2 Å². The van der Waals surface area contributed by atoms with E-state index in [1.165, 1.54) is 0 Å². The summed E-state index contributed by atoms with van der Waals surface area (Å²) in [5, 5.41) is 5.37. The van der Waals surface area contributed by atoms with E-state index in [2.05, 4.69) is 10.1 Å². The molecule has 1 atom stereocenters. The van der Waals surface area contributed by atoms with Crippen molar-refractivity contribution in [1.29, 1.82) is 0 Å². The van der Waals surface area contributed by atoms with Gasteiger partial charge in [-0.25, -0.2) is 4.68 Å². The van der Waals surface area contributed by atoms with Crippen molar-refractivity contribution < 1.29 is 4.79 Å². The molecule has 17 heavy (non-hydrogen) atoms. The van der Waals surface area contributed by atoms with Gasteiger partial charge in [-0.15, -0.1) is 0 Å². The minimum Gasteiger partial charge on any atom is -0.320 e. The van der Waals surface area contributed by atoms with E-state index in [9.17, 15) is 4.79 Å². The molecular weight excluding hydrogens is 218 g/mol. The van der Waals surface area contributed by atoms with Crippen molar-refractivity contribution in [2.24, 2.45) is 5.73 Å². The molecule has 3 rings (SSSR count). The first-order valence-corrected chi connectivity index (χ1v) is 5.52. The van der Waals surface area contributed by atoms with Crippen LogP contribution in [0.2, 0.25) is 0 Å². The maximum Gasteiger partial charge on any atom is 0.244 e. The van der Waals surface area contributed by atoms with Gasteiger partial charge in [-0.05, 0) is 12.5 Å². The monoisotopic (exact) mass is 231 g/mol. The van der Waals surface area contributed by atoms with E-state index in [4.69, 9.17) is 5.73 Å². The van der Waals surface area contributed by atoms with Crippen LogP contribution >= 0.6 is 0 Å². The van der Waals surface area contributed by atoms with E-state index in [-0.39, 0.29) is 5.91 Å². The largest absolute Gasteiger partial charge is 0.320 e. The second-order valence-electron chi connectivity index (χ2n) is 4.23. The number of hydrogen-bond donors (Lipinski definition) is 1. The summed E-state index contributed by atoms with van der Waals surface area (Å²) in [5.41, 5.74) is 6.61. The van der Waals surface area contributed by atoms with Crippen LogP contribution in [0.3, 0.4) is 0 Å². The summed E-state index contributed by atoms with van der Waals surface area (Å²) in [5.74, 6) is 0.739. The molecule has 2 N–H and O–H groups in total. The number of nitrogens with zero attached hydrogens (tertiary/aromatic N) is 4. The van der Waals surface area contributed by atoms with Gasteiger partial charge in [-0.3, -0.25) is 14.7 Å². The predicted octanol–water partition coefficient (Wildman–Crippen LogP) is 0.125. The second kappa shape index (κ2) is 3.53. The van der Waals surface area contributed by atoms with Crippen molar-refractivity contribution in [1.82, 2.24) is 14.8 Å². The van der Waals surface area contributed by atoms with Crippen LogP contribution in [0, 0.1) is 0 Å². The lowest BCUT2D eigenvalue weighted by molar-refractivity contribution is -0.119. The van der Waals surface area contributed by atoms with Crippen LogP contribution < -0.4 is 10.6 Å². The molecule has 1 aliphatic rings. The zero-order valence-electron chi connectivity index (χ0n) is 9.50. The summed E-state index contributed by atoms with van der Waals surface area (Å²) in [6.45, 7) is 0.654. The fourth-order valence-corrected chi connectivity index (χ4v) is 2.22. The molecule has 2 aromatic heterocycles. The number of nitrogens with two attached hydrogens (primary N) is 1. The van der Waals surface area contributed by atoms with Crippen LogP contribution in [0.5, 0.6) is 0 Å². The molecule has 0 spiro atoms. The van der Waals surface area contributed by atoms with Crippen molar-refractivity contribution in [3.05, 3.63) is 18.5 Å². The van der Waals surface area contributed by atoms with Crippen molar-refractivity contribution in [2.45, 2.75) is 19.0 Å². The van der Waals surface area contributed by atoms with Crippen LogP contribution in [-0.2, 0) is 11.3 Å². The van der Waals surface area contributed by atoms with E-state index >= 15 is 0 Å². The smallest absolute Gasteiger partial charge is 0.244 e. The number of hydrogen-bond acceptors (Lipinski definition) is 4. The Labute approximate surface area is 98.0 Å². The first-order chi connectivity index (χ1) is 8.18. The van der Waals surface area contributed by atoms with Gasteiger partial charge >= 0.3 is 0 Å². The first kappa shape index (κ1) is 10.2. The average Bonchev–Trinajstić information content (AvgIpc) is 2.67. The van der Waals surface area contributed by atoms with Gasteiger partial charge in [0.05, 0.1) is 12.2 Å². The number of likely N-dealkylation sites (N-methyl/N-ethyl adjacent to an activating group) is 1. The van der Waals surface area contributed by atoms with E-state index < -0.39 is 6.04 Å². The van der Waals surface area contributed by atoms with Gasteiger partial charge in [0.1, 0.15) is 11.3 Å². The molecule has 6 nitrogen and oxygen atoms in total. The third-order valence-corrected chi connectivity index (χ3v) is 3.13. The predicted molar refractivity (Wildman–Crippen MR) is 63.5 cm³/mol. The third-order valence-electron chi connectivity index (χ3n) is 3.13. The summed E-state index contributed by atoms with van der Waals surface area (Å²) >= 11 is 0. The van der Waals surface area contributed by atoms with Crippen LogP contribution in [0.4, 0.5) is 5.82 Å². The lowest BCUT2D eigenvalue weighted by Gasteiger charge is -2.17. The third kappa shape index (κ3) is 1.41. The van der Waals surface area contributed by atoms with E-state index in [0.717, 1.165) is 16.7 Å².